The van der Waals surface area contributed by atoms with Crippen LogP contribution >= 0.6 is 0 Å². The standard InChI is InChI=1S/C23H25N5O3/c1-23(2)15-27(11-12-31-23)18-10-6-7-16(13-18)22(30)25-19-14-28(26-20(19)21(24)29)17-8-4-3-5-9-17/h3-10,13-14H,11-12,15H2,1-2H3,(H2,24,29)(H,25,30). The van der Waals surface area contributed by atoms with Crippen LogP contribution in [0.1, 0.15) is 34.7 Å². The summed E-state index contributed by atoms with van der Waals surface area (Å²) in [6.07, 6.45) is 1.58. The smallest absolute Gasteiger partial charge is 0.271 e. The number of hydrogen-bond donors (Lipinski definition) is 2. The van der Waals surface area contributed by atoms with Gasteiger partial charge in [-0.2, -0.15) is 5.10 Å². The van der Waals surface area contributed by atoms with Crippen molar-refractivity contribution in [1.82, 2.24) is 9.78 Å². The van der Waals surface area contributed by atoms with E-state index >= 15 is 0 Å². The average Bonchev–Trinajstić information content (AvgIpc) is 3.18. The van der Waals surface area contributed by atoms with Crippen LogP contribution in [-0.2, 0) is 4.74 Å². The number of carbonyl (C=O) groups is 2. The predicted octanol–water partition coefficient (Wildman–Crippen LogP) is 2.84. The predicted molar refractivity (Wildman–Crippen MR) is 119 cm³/mol. The van der Waals surface area contributed by atoms with Gasteiger partial charge in [0.1, 0.15) is 0 Å². The first kappa shape index (κ1) is 20.6. The van der Waals surface area contributed by atoms with Gasteiger partial charge >= 0.3 is 0 Å². The number of carbonyl (C=O) groups excluding carboxylic acids is 2. The number of hydrogen-bond acceptors (Lipinski definition) is 5. The van der Waals surface area contributed by atoms with Crippen molar-refractivity contribution in [3.63, 3.8) is 0 Å². The number of para-hydroxylation sites is 1. The maximum Gasteiger partial charge on any atom is 0.271 e. The summed E-state index contributed by atoms with van der Waals surface area (Å²) < 4.78 is 7.29. The van der Waals surface area contributed by atoms with E-state index in [9.17, 15) is 9.59 Å². The van der Waals surface area contributed by atoms with Crippen LogP contribution in [0.15, 0.2) is 60.8 Å². The molecule has 0 atom stereocenters. The Kier molecular flexibility index (Phi) is 5.48. The fourth-order valence-corrected chi connectivity index (χ4v) is 3.64. The minimum atomic E-state index is -0.714. The normalized spacial score (nSPS) is 15.5. The number of morpholine rings is 1. The fourth-order valence-electron chi connectivity index (χ4n) is 3.64. The highest BCUT2D eigenvalue weighted by atomic mass is 16.5. The van der Waals surface area contributed by atoms with Gasteiger partial charge in [0, 0.05) is 24.3 Å². The van der Waals surface area contributed by atoms with Gasteiger partial charge in [0.15, 0.2) is 5.69 Å². The Morgan fingerprint density at radius 1 is 1.10 bits per heavy atom. The van der Waals surface area contributed by atoms with Crippen LogP contribution in [0.4, 0.5) is 11.4 Å². The highest BCUT2D eigenvalue weighted by molar-refractivity contribution is 6.08. The number of primary amides is 1. The summed E-state index contributed by atoms with van der Waals surface area (Å²) in [5, 5.41) is 7.02. The van der Waals surface area contributed by atoms with E-state index in [2.05, 4.69) is 15.3 Å². The summed E-state index contributed by atoms with van der Waals surface area (Å²) in [6, 6.07) is 16.7. The van der Waals surface area contributed by atoms with Gasteiger partial charge in [-0.05, 0) is 44.2 Å². The van der Waals surface area contributed by atoms with E-state index in [1.807, 2.05) is 62.4 Å². The molecule has 2 aromatic carbocycles. The molecule has 1 saturated heterocycles. The second-order valence-corrected chi connectivity index (χ2v) is 8.07. The zero-order chi connectivity index (χ0) is 22.0. The van der Waals surface area contributed by atoms with Crippen LogP contribution in [0.3, 0.4) is 0 Å². The second kappa shape index (κ2) is 8.23. The van der Waals surface area contributed by atoms with Gasteiger partial charge in [0.25, 0.3) is 11.8 Å². The Balaban J connectivity index is 1.57. The monoisotopic (exact) mass is 419 g/mol. The van der Waals surface area contributed by atoms with Crippen molar-refractivity contribution in [3.05, 3.63) is 72.1 Å². The maximum absolute atomic E-state index is 13.0. The molecule has 8 heteroatoms. The minimum absolute atomic E-state index is 0.00304. The number of anilines is 2. The molecule has 0 saturated carbocycles. The summed E-state index contributed by atoms with van der Waals surface area (Å²) in [5.41, 5.74) is 7.67. The Morgan fingerprint density at radius 2 is 1.84 bits per heavy atom. The van der Waals surface area contributed by atoms with Crippen LogP contribution in [0.2, 0.25) is 0 Å². The van der Waals surface area contributed by atoms with Crippen LogP contribution < -0.4 is 16.0 Å². The summed E-state index contributed by atoms with van der Waals surface area (Å²) in [4.78, 5) is 27.0. The van der Waals surface area contributed by atoms with Crippen LogP contribution in [-0.4, -0.2) is 46.9 Å². The third kappa shape index (κ3) is 4.59. The first-order valence-electron chi connectivity index (χ1n) is 10.1. The van der Waals surface area contributed by atoms with Crippen molar-refractivity contribution in [3.8, 4) is 5.69 Å². The lowest BCUT2D eigenvalue weighted by atomic mass is 10.1. The number of rotatable bonds is 5. The highest BCUT2D eigenvalue weighted by Gasteiger charge is 2.27. The Bertz CT molecular complexity index is 1110. The Hall–Kier alpha value is -3.65. The maximum atomic E-state index is 13.0. The lowest BCUT2D eigenvalue weighted by Gasteiger charge is -2.39. The SMILES string of the molecule is CC1(C)CN(c2cccc(C(=O)Nc3cn(-c4ccccc4)nc3C(N)=O)c2)CCO1. The van der Waals surface area contributed by atoms with Crippen LogP contribution in [0.25, 0.3) is 5.69 Å². The summed E-state index contributed by atoms with van der Waals surface area (Å²) >= 11 is 0. The van der Waals surface area contributed by atoms with E-state index in [1.165, 1.54) is 4.68 Å². The van der Waals surface area contributed by atoms with Gasteiger partial charge in [-0.3, -0.25) is 9.59 Å². The molecule has 1 aliphatic heterocycles. The molecule has 0 unspecified atom stereocenters. The molecular formula is C23H25N5O3. The first-order chi connectivity index (χ1) is 14.8. The van der Waals surface area contributed by atoms with E-state index in [0.717, 1.165) is 24.5 Å². The minimum Gasteiger partial charge on any atom is -0.372 e. The first-order valence-corrected chi connectivity index (χ1v) is 10.1. The molecule has 31 heavy (non-hydrogen) atoms. The molecule has 8 nitrogen and oxygen atoms in total. The van der Waals surface area contributed by atoms with E-state index < -0.39 is 5.91 Å². The molecule has 0 aliphatic carbocycles. The number of aromatic nitrogens is 2. The zero-order valence-corrected chi connectivity index (χ0v) is 17.5. The number of nitrogens with one attached hydrogen (secondary N) is 1. The fraction of sp³-hybridized carbons (Fsp3) is 0.261. The lowest BCUT2D eigenvalue weighted by molar-refractivity contribution is -0.0276. The third-order valence-corrected chi connectivity index (χ3v) is 5.12. The van der Waals surface area contributed by atoms with E-state index in [1.54, 1.807) is 12.3 Å². The van der Waals surface area contributed by atoms with Crippen LogP contribution in [0, 0.1) is 0 Å². The van der Waals surface area contributed by atoms with E-state index in [-0.39, 0.29) is 22.9 Å². The molecule has 3 N–H and O–H groups in total. The lowest BCUT2D eigenvalue weighted by Crippen LogP contribution is -2.48. The van der Waals surface area contributed by atoms with Crippen molar-refractivity contribution < 1.29 is 14.3 Å². The van der Waals surface area contributed by atoms with Crippen molar-refractivity contribution in [2.24, 2.45) is 5.73 Å². The molecule has 1 fully saturated rings. The number of nitrogens with two attached hydrogens (primary N) is 1. The highest BCUT2D eigenvalue weighted by Crippen LogP contribution is 2.25. The van der Waals surface area contributed by atoms with E-state index in [4.69, 9.17) is 10.5 Å². The van der Waals surface area contributed by atoms with E-state index in [0.29, 0.717) is 12.2 Å². The van der Waals surface area contributed by atoms with Gasteiger partial charge in [-0.25, -0.2) is 4.68 Å². The number of nitrogens with zero attached hydrogens (tertiary/aromatic N) is 3. The molecule has 0 spiro atoms. The Morgan fingerprint density at radius 3 is 2.55 bits per heavy atom. The summed E-state index contributed by atoms with van der Waals surface area (Å²) in [6.45, 7) is 6.21. The summed E-state index contributed by atoms with van der Waals surface area (Å²) in [7, 11) is 0. The average molecular weight is 419 g/mol. The molecule has 0 bridgehead atoms. The van der Waals surface area contributed by atoms with Crippen molar-refractivity contribution in [1.29, 1.82) is 0 Å². The molecule has 1 aliphatic rings. The molecule has 2 amide bonds. The molecule has 1 aromatic heterocycles. The van der Waals surface area contributed by atoms with Gasteiger partial charge in [-0.1, -0.05) is 24.3 Å². The molecular weight excluding hydrogens is 394 g/mol. The Labute approximate surface area is 180 Å². The quantitative estimate of drug-likeness (QED) is 0.662. The van der Waals surface area contributed by atoms with Gasteiger partial charge < -0.3 is 20.7 Å². The largest absolute Gasteiger partial charge is 0.372 e. The number of benzene rings is 2. The van der Waals surface area contributed by atoms with Gasteiger partial charge in [0.05, 0.1) is 29.8 Å². The molecule has 4 rings (SSSR count). The van der Waals surface area contributed by atoms with Crippen molar-refractivity contribution in [2.75, 3.05) is 29.9 Å². The van der Waals surface area contributed by atoms with Gasteiger partial charge in [-0.15, -0.1) is 0 Å². The van der Waals surface area contributed by atoms with Crippen molar-refractivity contribution in [2.45, 2.75) is 19.4 Å². The molecule has 0 radical (unpaired) electrons. The van der Waals surface area contributed by atoms with Crippen LogP contribution in [0.5, 0.6) is 0 Å². The van der Waals surface area contributed by atoms with Crippen molar-refractivity contribution >= 4 is 23.2 Å². The number of amides is 2. The second-order valence-electron chi connectivity index (χ2n) is 8.07. The summed E-state index contributed by atoms with van der Waals surface area (Å²) in [5.74, 6) is -1.06. The zero-order valence-electron chi connectivity index (χ0n) is 17.5. The number of ether oxygens (including phenoxy) is 1. The van der Waals surface area contributed by atoms with Gasteiger partial charge in [0.2, 0.25) is 0 Å². The topological polar surface area (TPSA) is 102 Å². The third-order valence-electron chi connectivity index (χ3n) is 5.12. The molecule has 3 aromatic rings. The molecule has 2 heterocycles. The molecule has 160 valence electrons.